The molecule has 0 bridgehead atoms. The van der Waals surface area contributed by atoms with Crippen LogP contribution in [0.3, 0.4) is 0 Å². The molecule has 0 saturated carbocycles. The number of hydrogen-bond donors (Lipinski definition) is 0. The summed E-state index contributed by atoms with van der Waals surface area (Å²) < 4.78 is 28.7. The molecular weight excluding hydrogens is 495 g/mol. The highest BCUT2D eigenvalue weighted by atomic mass is 35.5. The fourth-order valence-corrected chi connectivity index (χ4v) is 2.33. The highest BCUT2D eigenvalue weighted by Crippen LogP contribution is 2.28. The summed E-state index contributed by atoms with van der Waals surface area (Å²) in [5, 5.41) is 22.3. The van der Waals surface area contributed by atoms with Gasteiger partial charge in [0, 0.05) is 18.2 Å². The topological polar surface area (TPSA) is 150 Å². The van der Waals surface area contributed by atoms with E-state index in [0.29, 0.717) is 34.8 Å². The summed E-state index contributed by atoms with van der Waals surface area (Å²) in [6.07, 6.45) is 0.540. The zero-order chi connectivity index (χ0) is 25.5. The van der Waals surface area contributed by atoms with E-state index in [4.69, 9.17) is 51.6 Å². The number of rotatable bonds is 7. The minimum Gasteiger partial charge on any atom is -0.480 e. The summed E-state index contributed by atoms with van der Waals surface area (Å²) in [5.41, 5.74) is 0.135. The van der Waals surface area contributed by atoms with E-state index in [9.17, 15) is 4.79 Å². The van der Waals surface area contributed by atoms with Gasteiger partial charge in [0.25, 0.3) is 11.8 Å². The van der Waals surface area contributed by atoms with Gasteiger partial charge in [0.1, 0.15) is 15.6 Å². The SMILES string of the molecule is COc1cc(Cl)c(OC)nn1.COc1ccc(OC)nn1.COc1nnc(OC)c(C=O)c1Cl. The Morgan fingerprint density at radius 3 is 1.44 bits per heavy atom. The predicted octanol–water partition coefficient (Wildman–Crippen LogP) is 2.60. The Balaban J connectivity index is 0.000000257. The second-order valence-electron chi connectivity index (χ2n) is 5.43. The Morgan fingerprint density at radius 2 is 1.06 bits per heavy atom. The third kappa shape index (κ3) is 8.33. The van der Waals surface area contributed by atoms with Crippen molar-refractivity contribution >= 4 is 29.5 Å². The van der Waals surface area contributed by atoms with E-state index >= 15 is 0 Å². The average molecular weight is 517 g/mol. The lowest BCUT2D eigenvalue weighted by Crippen LogP contribution is -2.00. The molecule has 34 heavy (non-hydrogen) atoms. The first-order valence-electron chi connectivity index (χ1n) is 9.01. The van der Waals surface area contributed by atoms with Gasteiger partial charge in [-0.25, -0.2) is 0 Å². The van der Waals surface area contributed by atoms with Gasteiger partial charge in [-0.15, -0.1) is 30.6 Å². The van der Waals surface area contributed by atoms with E-state index in [0.717, 1.165) is 0 Å². The molecule has 13 nitrogen and oxygen atoms in total. The zero-order valence-electron chi connectivity index (χ0n) is 19.1. The number of aromatic nitrogens is 6. The molecule has 0 unspecified atom stereocenters. The first-order chi connectivity index (χ1) is 16.4. The molecule has 0 radical (unpaired) electrons. The highest BCUT2D eigenvalue weighted by Gasteiger charge is 2.15. The molecular formula is C19H22Cl2N6O7. The molecule has 3 heterocycles. The molecule has 15 heteroatoms. The molecule has 0 aliphatic carbocycles. The molecule has 0 N–H and O–H groups in total. The summed E-state index contributed by atoms with van der Waals surface area (Å²) in [6, 6.07) is 4.91. The van der Waals surface area contributed by atoms with Crippen LogP contribution in [0.1, 0.15) is 10.4 Å². The molecule has 0 spiro atoms. The Hall–Kier alpha value is -3.71. The number of carbonyl (C=O) groups is 1. The first-order valence-corrected chi connectivity index (χ1v) is 9.76. The number of nitrogens with zero attached hydrogens (tertiary/aromatic N) is 6. The summed E-state index contributed by atoms with van der Waals surface area (Å²) >= 11 is 11.5. The molecule has 3 aromatic heterocycles. The Morgan fingerprint density at radius 1 is 0.618 bits per heavy atom. The molecule has 184 valence electrons. The van der Waals surface area contributed by atoms with E-state index in [1.165, 1.54) is 48.7 Å². The number of methoxy groups -OCH3 is 6. The average Bonchev–Trinajstić information content (AvgIpc) is 2.89. The van der Waals surface area contributed by atoms with Crippen molar-refractivity contribution in [1.29, 1.82) is 0 Å². The lowest BCUT2D eigenvalue weighted by atomic mass is 10.3. The van der Waals surface area contributed by atoms with Crippen LogP contribution in [0, 0.1) is 0 Å². The fourth-order valence-electron chi connectivity index (χ4n) is 1.89. The van der Waals surface area contributed by atoms with Crippen LogP contribution in [0.4, 0.5) is 0 Å². The van der Waals surface area contributed by atoms with Crippen molar-refractivity contribution in [3.8, 4) is 35.3 Å². The second-order valence-corrected chi connectivity index (χ2v) is 6.21. The standard InChI is InChI=1S/C7H7ClN2O3.C6H7ClN2O2.C6H8N2O2/c1-12-6-4(3-11)5(8)7(13-2)10-9-6;1-10-5-3-4(7)6(11-2)9-8-5;1-9-5-3-4-6(10-2)8-7-5/h3H,1-2H3;3H,1-2H3;3-4H,1-2H3. The quantitative estimate of drug-likeness (QED) is 0.423. The van der Waals surface area contributed by atoms with Gasteiger partial charge in [-0.2, -0.15) is 0 Å². The minimum absolute atomic E-state index is 0.0841. The van der Waals surface area contributed by atoms with E-state index in [2.05, 4.69) is 30.6 Å². The van der Waals surface area contributed by atoms with Crippen molar-refractivity contribution in [2.45, 2.75) is 0 Å². The fraction of sp³-hybridized carbons (Fsp3) is 0.316. The van der Waals surface area contributed by atoms with Gasteiger partial charge in [0.15, 0.2) is 6.29 Å². The molecule has 0 aliphatic rings. The Kier molecular flexibility index (Phi) is 12.6. The second kappa shape index (κ2) is 15.2. The monoisotopic (exact) mass is 516 g/mol. The number of carbonyl (C=O) groups excluding carboxylic acids is 1. The molecule has 0 amide bonds. The van der Waals surface area contributed by atoms with Crippen molar-refractivity contribution in [3.63, 3.8) is 0 Å². The molecule has 0 aliphatic heterocycles. The zero-order valence-corrected chi connectivity index (χ0v) is 20.6. The van der Waals surface area contributed by atoms with Gasteiger partial charge in [-0.1, -0.05) is 23.2 Å². The van der Waals surface area contributed by atoms with Crippen LogP contribution in [0.2, 0.25) is 10.0 Å². The smallest absolute Gasteiger partial charge is 0.253 e. The number of hydrogen-bond acceptors (Lipinski definition) is 13. The van der Waals surface area contributed by atoms with Crippen LogP contribution in [0.5, 0.6) is 35.3 Å². The van der Waals surface area contributed by atoms with Crippen LogP contribution >= 0.6 is 23.2 Å². The Labute approximate surface area is 205 Å². The minimum atomic E-state index is 0.0841. The van der Waals surface area contributed by atoms with Crippen molar-refractivity contribution < 1.29 is 33.2 Å². The predicted molar refractivity (Wildman–Crippen MR) is 121 cm³/mol. The van der Waals surface area contributed by atoms with Gasteiger partial charge in [-0.3, -0.25) is 4.79 Å². The molecule has 3 aromatic rings. The molecule has 0 fully saturated rings. The number of ether oxygens (including phenoxy) is 6. The molecule has 0 aromatic carbocycles. The number of halogens is 2. The van der Waals surface area contributed by atoms with E-state index in [-0.39, 0.29) is 22.3 Å². The van der Waals surface area contributed by atoms with Crippen LogP contribution in [0.25, 0.3) is 0 Å². The van der Waals surface area contributed by atoms with Gasteiger partial charge >= 0.3 is 0 Å². The van der Waals surface area contributed by atoms with Crippen LogP contribution < -0.4 is 28.4 Å². The summed E-state index contributed by atoms with van der Waals surface area (Å²) in [5.74, 6) is 1.83. The van der Waals surface area contributed by atoms with Crippen LogP contribution in [0.15, 0.2) is 18.2 Å². The van der Waals surface area contributed by atoms with E-state index in [1.54, 1.807) is 12.1 Å². The number of aldehydes is 1. The van der Waals surface area contributed by atoms with Crippen molar-refractivity contribution in [2.75, 3.05) is 42.7 Å². The van der Waals surface area contributed by atoms with E-state index < -0.39 is 0 Å². The largest absolute Gasteiger partial charge is 0.480 e. The Bertz CT molecular complexity index is 1020. The van der Waals surface area contributed by atoms with Gasteiger partial charge in [0.2, 0.25) is 23.5 Å². The van der Waals surface area contributed by atoms with Crippen molar-refractivity contribution in [3.05, 3.63) is 33.8 Å². The van der Waals surface area contributed by atoms with Crippen molar-refractivity contribution in [1.82, 2.24) is 30.6 Å². The van der Waals surface area contributed by atoms with E-state index in [1.807, 2.05) is 0 Å². The van der Waals surface area contributed by atoms with Crippen molar-refractivity contribution in [2.24, 2.45) is 0 Å². The third-order valence-corrected chi connectivity index (χ3v) is 4.16. The maximum absolute atomic E-state index is 10.6. The van der Waals surface area contributed by atoms with Crippen LogP contribution in [-0.2, 0) is 0 Å². The molecule has 0 atom stereocenters. The van der Waals surface area contributed by atoms with Crippen LogP contribution in [-0.4, -0.2) is 79.5 Å². The summed E-state index contributed by atoms with van der Waals surface area (Å²) in [4.78, 5) is 10.6. The van der Waals surface area contributed by atoms with Gasteiger partial charge in [-0.05, 0) is 0 Å². The lowest BCUT2D eigenvalue weighted by molar-refractivity contribution is 0.111. The normalized spacial score (nSPS) is 9.29. The van der Waals surface area contributed by atoms with Gasteiger partial charge in [0.05, 0.1) is 42.7 Å². The van der Waals surface area contributed by atoms with Gasteiger partial charge < -0.3 is 28.4 Å². The molecule has 0 saturated heterocycles. The lowest BCUT2D eigenvalue weighted by Gasteiger charge is -2.05. The molecule has 3 rings (SSSR count). The maximum Gasteiger partial charge on any atom is 0.253 e. The highest BCUT2D eigenvalue weighted by molar-refractivity contribution is 6.34. The first kappa shape index (κ1) is 28.3. The third-order valence-electron chi connectivity index (χ3n) is 3.52. The maximum atomic E-state index is 10.6. The summed E-state index contributed by atoms with van der Waals surface area (Å²) in [7, 11) is 8.80. The summed E-state index contributed by atoms with van der Waals surface area (Å²) in [6.45, 7) is 0.